The van der Waals surface area contributed by atoms with Crippen molar-refractivity contribution in [2.24, 2.45) is 0 Å². The molecule has 0 bridgehead atoms. The molecule has 1 unspecified atom stereocenters. The molecule has 1 aliphatic heterocycles. The van der Waals surface area contributed by atoms with E-state index >= 15 is 0 Å². The number of hydrogen-bond acceptors (Lipinski definition) is 7. The fourth-order valence-corrected chi connectivity index (χ4v) is 4.38. The number of aromatic nitrogens is 2. The smallest absolute Gasteiger partial charge is 0.227 e. The highest BCUT2D eigenvalue weighted by molar-refractivity contribution is 7.08. The third-order valence-electron chi connectivity index (χ3n) is 5.47. The SMILES string of the molecule is CC(CN1CCOCC1)N(Cc1ccccc1)C(=O)CCc1nc(-c2ccsc2)no1. The van der Waals surface area contributed by atoms with Crippen LogP contribution in [0.5, 0.6) is 0 Å². The number of rotatable bonds is 9. The number of nitrogens with zero attached hydrogens (tertiary/aromatic N) is 4. The molecule has 1 aliphatic rings. The van der Waals surface area contributed by atoms with Gasteiger partial charge < -0.3 is 14.2 Å². The molecule has 0 radical (unpaired) electrons. The predicted octanol–water partition coefficient (Wildman–Crippen LogP) is 3.48. The van der Waals surface area contributed by atoms with Crippen LogP contribution >= 0.6 is 11.3 Å². The largest absolute Gasteiger partial charge is 0.379 e. The summed E-state index contributed by atoms with van der Waals surface area (Å²) in [7, 11) is 0. The molecule has 31 heavy (non-hydrogen) atoms. The van der Waals surface area contributed by atoms with Crippen molar-refractivity contribution in [3.8, 4) is 11.4 Å². The molecule has 164 valence electrons. The summed E-state index contributed by atoms with van der Waals surface area (Å²) in [6.45, 7) is 6.87. The summed E-state index contributed by atoms with van der Waals surface area (Å²) in [6, 6.07) is 12.2. The van der Waals surface area contributed by atoms with Gasteiger partial charge in [-0.2, -0.15) is 16.3 Å². The molecular formula is C23H28N4O3S. The van der Waals surface area contributed by atoms with Crippen LogP contribution in [0.2, 0.25) is 0 Å². The number of morpholine rings is 1. The third kappa shape index (κ3) is 6.00. The minimum Gasteiger partial charge on any atom is -0.379 e. The van der Waals surface area contributed by atoms with Crippen molar-refractivity contribution in [2.75, 3.05) is 32.8 Å². The Balaban J connectivity index is 1.40. The molecule has 3 aromatic rings. The standard InChI is InChI=1S/C23H28N4O3S/c1-18(15-26-10-12-29-13-11-26)27(16-19-5-3-2-4-6-19)22(28)8-7-21-24-23(25-30-21)20-9-14-31-17-20/h2-6,9,14,17-18H,7-8,10-13,15-16H2,1H3. The molecule has 1 amide bonds. The molecule has 1 atom stereocenters. The highest BCUT2D eigenvalue weighted by Gasteiger charge is 2.24. The van der Waals surface area contributed by atoms with Gasteiger partial charge in [-0.3, -0.25) is 9.69 Å². The van der Waals surface area contributed by atoms with Gasteiger partial charge in [-0.25, -0.2) is 0 Å². The van der Waals surface area contributed by atoms with Gasteiger partial charge in [0.05, 0.1) is 13.2 Å². The van der Waals surface area contributed by atoms with Crippen LogP contribution in [-0.2, 0) is 22.5 Å². The Kier molecular flexibility index (Phi) is 7.45. The van der Waals surface area contributed by atoms with E-state index in [0.29, 0.717) is 31.1 Å². The van der Waals surface area contributed by atoms with E-state index in [1.165, 1.54) is 0 Å². The van der Waals surface area contributed by atoms with Gasteiger partial charge in [0.15, 0.2) is 0 Å². The lowest BCUT2D eigenvalue weighted by Gasteiger charge is -2.35. The molecule has 2 aromatic heterocycles. The van der Waals surface area contributed by atoms with Gasteiger partial charge >= 0.3 is 0 Å². The van der Waals surface area contributed by atoms with Crippen molar-refractivity contribution in [2.45, 2.75) is 32.4 Å². The van der Waals surface area contributed by atoms with Gasteiger partial charge in [-0.05, 0) is 23.9 Å². The number of aryl methyl sites for hydroxylation is 1. The quantitative estimate of drug-likeness (QED) is 0.507. The molecule has 4 rings (SSSR count). The fraction of sp³-hybridized carbons (Fsp3) is 0.435. The Hall–Kier alpha value is -2.55. The molecule has 1 fully saturated rings. The molecule has 3 heterocycles. The molecule has 7 nitrogen and oxygen atoms in total. The maximum absolute atomic E-state index is 13.2. The summed E-state index contributed by atoms with van der Waals surface area (Å²) < 4.78 is 10.8. The maximum atomic E-state index is 13.2. The summed E-state index contributed by atoms with van der Waals surface area (Å²) in [4.78, 5) is 22.0. The van der Waals surface area contributed by atoms with Crippen molar-refractivity contribution >= 4 is 17.2 Å². The zero-order valence-electron chi connectivity index (χ0n) is 17.8. The maximum Gasteiger partial charge on any atom is 0.227 e. The lowest BCUT2D eigenvalue weighted by Crippen LogP contribution is -2.48. The van der Waals surface area contributed by atoms with Crippen LogP contribution in [0, 0.1) is 0 Å². The monoisotopic (exact) mass is 440 g/mol. The summed E-state index contributed by atoms with van der Waals surface area (Å²) in [5.41, 5.74) is 2.07. The van der Waals surface area contributed by atoms with Gasteiger partial charge in [0, 0.05) is 56.0 Å². The molecule has 0 saturated carbocycles. The van der Waals surface area contributed by atoms with Crippen LogP contribution in [0.1, 0.15) is 24.8 Å². The minimum atomic E-state index is 0.0925. The van der Waals surface area contributed by atoms with E-state index in [1.54, 1.807) is 11.3 Å². The number of benzene rings is 1. The summed E-state index contributed by atoms with van der Waals surface area (Å²) in [5, 5.41) is 8.00. The van der Waals surface area contributed by atoms with Gasteiger partial charge in [-0.1, -0.05) is 35.5 Å². The first-order valence-corrected chi connectivity index (χ1v) is 11.6. The Morgan fingerprint density at radius 1 is 1.23 bits per heavy atom. The average Bonchev–Trinajstić information content (AvgIpc) is 3.49. The lowest BCUT2D eigenvalue weighted by molar-refractivity contribution is -0.134. The van der Waals surface area contributed by atoms with Crippen LogP contribution < -0.4 is 0 Å². The van der Waals surface area contributed by atoms with Crippen LogP contribution in [0.25, 0.3) is 11.4 Å². The first kappa shape index (κ1) is 21.7. The van der Waals surface area contributed by atoms with E-state index < -0.39 is 0 Å². The van der Waals surface area contributed by atoms with Crippen molar-refractivity contribution < 1.29 is 14.1 Å². The number of carbonyl (C=O) groups is 1. The van der Waals surface area contributed by atoms with Crippen LogP contribution in [0.4, 0.5) is 0 Å². The van der Waals surface area contributed by atoms with Crippen molar-refractivity contribution in [3.63, 3.8) is 0 Å². The first-order chi connectivity index (χ1) is 15.2. The van der Waals surface area contributed by atoms with E-state index in [-0.39, 0.29) is 11.9 Å². The molecule has 0 N–H and O–H groups in total. The Morgan fingerprint density at radius 3 is 2.77 bits per heavy atom. The molecule has 0 spiro atoms. The average molecular weight is 441 g/mol. The summed E-state index contributed by atoms with van der Waals surface area (Å²) in [5.74, 6) is 1.17. The second-order valence-electron chi connectivity index (χ2n) is 7.79. The second-order valence-corrected chi connectivity index (χ2v) is 8.57. The van der Waals surface area contributed by atoms with Crippen molar-refractivity contribution in [1.82, 2.24) is 19.9 Å². The fourth-order valence-electron chi connectivity index (χ4n) is 3.75. The van der Waals surface area contributed by atoms with Crippen LogP contribution in [0.3, 0.4) is 0 Å². The van der Waals surface area contributed by atoms with E-state index in [0.717, 1.165) is 44.0 Å². The Morgan fingerprint density at radius 2 is 2.03 bits per heavy atom. The normalized spacial score (nSPS) is 15.6. The van der Waals surface area contributed by atoms with Crippen LogP contribution in [-0.4, -0.2) is 64.7 Å². The molecule has 1 saturated heterocycles. The van der Waals surface area contributed by atoms with Gasteiger partial charge in [0.1, 0.15) is 0 Å². The highest BCUT2D eigenvalue weighted by atomic mass is 32.1. The number of carbonyl (C=O) groups excluding carboxylic acids is 1. The van der Waals surface area contributed by atoms with Crippen molar-refractivity contribution in [1.29, 1.82) is 0 Å². The van der Waals surface area contributed by atoms with E-state index in [1.807, 2.05) is 39.9 Å². The number of amides is 1. The molecule has 1 aromatic carbocycles. The molecule has 8 heteroatoms. The minimum absolute atomic E-state index is 0.0925. The van der Waals surface area contributed by atoms with Gasteiger partial charge in [-0.15, -0.1) is 0 Å². The van der Waals surface area contributed by atoms with Gasteiger partial charge in [0.2, 0.25) is 17.6 Å². The summed E-state index contributed by atoms with van der Waals surface area (Å²) in [6.07, 6.45) is 0.775. The lowest BCUT2D eigenvalue weighted by atomic mass is 10.1. The predicted molar refractivity (Wildman–Crippen MR) is 120 cm³/mol. The zero-order valence-corrected chi connectivity index (χ0v) is 18.6. The first-order valence-electron chi connectivity index (χ1n) is 10.7. The molecule has 0 aliphatic carbocycles. The third-order valence-corrected chi connectivity index (χ3v) is 6.16. The zero-order chi connectivity index (χ0) is 21.5. The second kappa shape index (κ2) is 10.7. The topological polar surface area (TPSA) is 71.7 Å². The van der Waals surface area contributed by atoms with E-state index in [4.69, 9.17) is 9.26 Å². The number of ether oxygens (including phenoxy) is 1. The Bertz CT molecular complexity index is 939. The van der Waals surface area contributed by atoms with Crippen LogP contribution in [0.15, 0.2) is 51.7 Å². The van der Waals surface area contributed by atoms with Gasteiger partial charge in [0.25, 0.3) is 0 Å². The van der Waals surface area contributed by atoms with Crippen molar-refractivity contribution in [3.05, 3.63) is 58.6 Å². The van der Waals surface area contributed by atoms with E-state index in [2.05, 4.69) is 34.1 Å². The highest BCUT2D eigenvalue weighted by Crippen LogP contribution is 2.19. The van der Waals surface area contributed by atoms with E-state index in [9.17, 15) is 4.79 Å². The molecular weight excluding hydrogens is 412 g/mol. The summed E-state index contributed by atoms with van der Waals surface area (Å²) >= 11 is 1.59. The number of hydrogen-bond donors (Lipinski definition) is 0. The number of thiophene rings is 1. The Labute approximate surface area is 186 Å².